The van der Waals surface area contributed by atoms with Crippen LogP contribution in [0.1, 0.15) is 52.9 Å². The maximum absolute atomic E-state index is 12.9. The topological polar surface area (TPSA) is 87.2 Å². The molecule has 2 N–H and O–H groups in total. The van der Waals surface area contributed by atoms with Crippen LogP contribution in [0.3, 0.4) is 0 Å². The van der Waals surface area contributed by atoms with Gasteiger partial charge in [-0.3, -0.25) is 14.9 Å². The molecule has 0 saturated heterocycles. The van der Waals surface area contributed by atoms with Gasteiger partial charge >= 0.3 is 0 Å². The fourth-order valence-electron chi connectivity index (χ4n) is 2.96. The van der Waals surface area contributed by atoms with Crippen LogP contribution in [0.15, 0.2) is 24.3 Å². The molecule has 8 heteroatoms. The molecule has 2 aromatic rings. The molecule has 1 heterocycles. The molecule has 7 nitrogen and oxygen atoms in total. The Hall–Kier alpha value is -2.48. The zero-order valence-corrected chi connectivity index (χ0v) is 19.4. The van der Waals surface area contributed by atoms with Crippen LogP contribution in [0.25, 0.3) is 10.6 Å². The normalized spacial score (nSPS) is 12.8. The van der Waals surface area contributed by atoms with E-state index in [0.29, 0.717) is 11.6 Å². The van der Waals surface area contributed by atoms with Gasteiger partial charge in [0.05, 0.1) is 0 Å². The van der Waals surface area contributed by atoms with E-state index in [1.165, 1.54) is 11.3 Å². The van der Waals surface area contributed by atoms with Gasteiger partial charge in [0.1, 0.15) is 11.0 Å². The molecule has 0 spiro atoms. The smallest absolute Gasteiger partial charge is 0.249 e. The lowest BCUT2D eigenvalue weighted by atomic mass is 9.98. The number of aromatic nitrogens is 2. The van der Waals surface area contributed by atoms with Gasteiger partial charge in [0.25, 0.3) is 0 Å². The summed E-state index contributed by atoms with van der Waals surface area (Å²) in [7, 11) is 3.98. The highest BCUT2D eigenvalue weighted by molar-refractivity contribution is 7.18. The number of hydrogen-bond acceptors (Lipinski definition) is 6. The Labute approximate surface area is 183 Å². The zero-order chi connectivity index (χ0) is 22.1. The Bertz CT molecular complexity index is 819. The number of nitrogens with one attached hydrogen (secondary N) is 2. The van der Waals surface area contributed by atoms with E-state index < -0.39 is 6.04 Å². The molecule has 0 aliphatic carbocycles. The molecule has 0 radical (unpaired) electrons. The Morgan fingerprint density at radius 1 is 1.10 bits per heavy atom. The average Bonchev–Trinajstić information content (AvgIpc) is 3.20. The van der Waals surface area contributed by atoms with Crippen molar-refractivity contribution in [3.8, 4) is 10.6 Å². The van der Waals surface area contributed by atoms with Crippen LogP contribution >= 0.6 is 11.3 Å². The van der Waals surface area contributed by atoms with Crippen LogP contribution in [-0.2, 0) is 9.59 Å². The number of carbonyl (C=O) groups excluding carboxylic acids is 2. The molecule has 0 fully saturated rings. The molecule has 2 atom stereocenters. The predicted octanol–water partition coefficient (Wildman–Crippen LogP) is 4.32. The minimum atomic E-state index is -0.587. The Balaban J connectivity index is 2.04. The quantitative estimate of drug-likeness (QED) is 0.517. The molecule has 1 aromatic carbocycles. The Kier molecular flexibility index (Phi) is 9.23. The Morgan fingerprint density at radius 2 is 1.80 bits per heavy atom. The van der Waals surface area contributed by atoms with E-state index in [1.54, 1.807) is 0 Å². The summed E-state index contributed by atoms with van der Waals surface area (Å²) in [6.07, 6.45) is 4.13. The molecule has 164 valence electrons. The van der Waals surface area contributed by atoms with Gasteiger partial charge in [-0.1, -0.05) is 51.4 Å². The SMILES string of the molecule is CCCCCC(=O)N[C@H](C(=O)Nc1nnc(-c2ccc(N(C)C)cc2)s1)[C@@H](C)CC. The van der Waals surface area contributed by atoms with Crippen molar-refractivity contribution in [2.75, 3.05) is 24.3 Å². The summed E-state index contributed by atoms with van der Waals surface area (Å²) in [5.74, 6) is -0.312. The minimum Gasteiger partial charge on any atom is -0.378 e. The van der Waals surface area contributed by atoms with Crippen LogP contribution in [0.4, 0.5) is 10.8 Å². The summed E-state index contributed by atoms with van der Waals surface area (Å²) in [6.45, 7) is 6.07. The molecular weight excluding hydrogens is 398 g/mol. The van der Waals surface area contributed by atoms with Crippen molar-refractivity contribution in [1.29, 1.82) is 0 Å². The van der Waals surface area contributed by atoms with Gasteiger partial charge in [-0.2, -0.15) is 0 Å². The summed E-state index contributed by atoms with van der Waals surface area (Å²) in [5.41, 5.74) is 2.05. The Morgan fingerprint density at radius 3 is 2.40 bits per heavy atom. The van der Waals surface area contributed by atoms with Gasteiger partial charge in [-0.15, -0.1) is 10.2 Å². The number of carbonyl (C=O) groups is 2. The van der Waals surface area contributed by atoms with E-state index in [-0.39, 0.29) is 17.7 Å². The lowest BCUT2D eigenvalue weighted by Gasteiger charge is -2.23. The standard InChI is InChI=1S/C22H33N5O2S/c1-6-8-9-10-18(28)23-19(15(3)7-2)20(29)24-22-26-25-21(30-22)16-11-13-17(14-12-16)27(4)5/h11-15,19H,6-10H2,1-5H3,(H,23,28)(H,24,26,29)/t15-,19-/m0/s1. The van der Waals surface area contributed by atoms with Crippen LogP contribution < -0.4 is 15.5 Å². The minimum absolute atomic E-state index is 0.0195. The molecule has 2 amide bonds. The van der Waals surface area contributed by atoms with Gasteiger partial charge in [0.15, 0.2) is 0 Å². The van der Waals surface area contributed by atoms with Gasteiger partial charge in [-0.25, -0.2) is 0 Å². The van der Waals surface area contributed by atoms with Crippen LogP contribution in [0.2, 0.25) is 0 Å². The third-order valence-corrected chi connectivity index (χ3v) is 5.99. The third-order valence-electron chi connectivity index (χ3n) is 5.11. The predicted molar refractivity (Wildman–Crippen MR) is 124 cm³/mol. The number of anilines is 2. The van der Waals surface area contributed by atoms with Crippen molar-refractivity contribution < 1.29 is 9.59 Å². The lowest BCUT2D eigenvalue weighted by molar-refractivity contribution is -0.127. The molecule has 0 bridgehead atoms. The molecule has 0 aliphatic heterocycles. The second-order valence-corrected chi connectivity index (χ2v) is 8.71. The molecular formula is C22H33N5O2S. The van der Waals surface area contributed by atoms with Crippen molar-refractivity contribution in [2.24, 2.45) is 5.92 Å². The molecule has 0 saturated carbocycles. The first-order chi connectivity index (χ1) is 14.3. The van der Waals surface area contributed by atoms with Gasteiger partial charge in [-0.05, 0) is 36.6 Å². The van der Waals surface area contributed by atoms with Crippen LogP contribution in [-0.4, -0.2) is 42.1 Å². The van der Waals surface area contributed by atoms with Crippen molar-refractivity contribution in [2.45, 2.75) is 58.9 Å². The molecule has 30 heavy (non-hydrogen) atoms. The molecule has 2 rings (SSSR count). The monoisotopic (exact) mass is 431 g/mol. The fourth-order valence-corrected chi connectivity index (χ4v) is 3.71. The van der Waals surface area contributed by atoms with E-state index in [0.717, 1.165) is 41.9 Å². The zero-order valence-electron chi connectivity index (χ0n) is 18.6. The van der Waals surface area contributed by atoms with E-state index >= 15 is 0 Å². The second-order valence-electron chi connectivity index (χ2n) is 7.73. The number of rotatable bonds is 11. The van der Waals surface area contributed by atoms with E-state index in [2.05, 4.69) is 27.8 Å². The molecule has 1 aromatic heterocycles. The number of amides is 2. The largest absolute Gasteiger partial charge is 0.378 e. The highest BCUT2D eigenvalue weighted by Crippen LogP contribution is 2.28. The van der Waals surface area contributed by atoms with Crippen molar-refractivity contribution in [3.05, 3.63) is 24.3 Å². The summed E-state index contributed by atoms with van der Waals surface area (Å²) in [5, 5.41) is 15.2. The first-order valence-corrected chi connectivity index (χ1v) is 11.4. The average molecular weight is 432 g/mol. The summed E-state index contributed by atoms with van der Waals surface area (Å²) >= 11 is 1.32. The number of benzene rings is 1. The van der Waals surface area contributed by atoms with Crippen molar-refractivity contribution in [1.82, 2.24) is 15.5 Å². The van der Waals surface area contributed by atoms with Gasteiger partial charge < -0.3 is 10.2 Å². The summed E-state index contributed by atoms with van der Waals surface area (Å²) in [4.78, 5) is 27.1. The first-order valence-electron chi connectivity index (χ1n) is 10.6. The van der Waals surface area contributed by atoms with Crippen molar-refractivity contribution in [3.63, 3.8) is 0 Å². The number of hydrogen-bond donors (Lipinski definition) is 2. The molecule has 0 unspecified atom stereocenters. The maximum Gasteiger partial charge on any atom is 0.249 e. The number of unbranched alkanes of at least 4 members (excludes halogenated alkanes) is 2. The van der Waals surface area contributed by atoms with E-state index in [1.807, 2.05) is 57.1 Å². The molecule has 0 aliphatic rings. The fraction of sp³-hybridized carbons (Fsp3) is 0.545. The second kappa shape index (κ2) is 11.6. The summed E-state index contributed by atoms with van der Waals surface area (Å²) in [6, 6.07) is 7.42. The number of nitrogens with zero attached hydrogens (tertiary/aromatic N) is 3. The van der Waals surface area contributed by atoms with Gasteiger partial charge in [0.2, 0.25) is 16.9 Å². The first kappa shape index (κ1) is 23.8. The van der Waals surface area contributed by atoms with E-state index in [4.69, 9.17) is 0 Å². The summed E-state index contributed by atoms with van der Waals surface area (Å²) < 4.78 is 0. The third kappa shape index (κ3) is 6.79. The van der Waals surface area contributed by atoms with Crippen molar-refractivity contribution >= 4 is 34.0 Å². The van der Waals surface area contributed by atoms with Crippen LogP contribution in [0, 0.1) is 5.92 Å². The maximum atomic E-state index is 12.9. The van der Waals surface area contributed by atoms with Crippen LogP contribution in [0.5, 0.6) is 0 Å². The van der Waals surface area contributed by atoms with E-state index in [9.17, 15) is 9.59 Å². The van der Waals surface area contributed by atoms with Gasteiger partial charge in [0, 0.05) is 31.8 Å². The highest BCUT2D eigenvalue weighted by Gasteiger charge is 2.26. The lowest BCUT2D eigenvalue weighted by Crippen LogP contribution is -2.47. The highest BCUT2D eigenvalue weighted by atomic mass is 32.1.